The highest BCUT2D eigenvalue weighted by molar-refractivity contribution is 5.94. The minimum Gasteiger partial charge on any atom is -0.494 e. The highest BCUT2D eigenvalue weighted by Crippen LogP contribution is 2.17. The van der Waals surface area contributed by atoms with Gasteiger partial charge in [-0.1, -0.05) is 27.7 Å². The number of amides is 2. The standard InChI is InChI=1S/C23H31N3O3/c1-16(2)13-14-29-21-11-9-19(10-12-21)25-22(27)15-24-18-5-7-20(8-6-18)26-23(28)17(3)4/h5-12,16-17,24H,13-15H2,1-4H3,(H,25,27)(H,26,28). The van der Waals surface area contributed by atoms with Crippen molar-refractivity contribution in [1.82, 2.24) is 0 Å². The fourth-order valence-electron chi connectivity index (χ4n) is 2.39. The van der Waals surface area contributed by atoms with Gasteiger partial charge >= 0.3 is 0 Å². The second-order valence-electron chi connectivity index (χ2n) is 7.68. The molecule has 0 saturated heterocycles. The lowest BCUT2D eigenvalue weighted by Crippen LogP contribution is -2.21. The summed E-state index contributed by atoms with van der Waals surface area (Å²) < 4.78 is 5.68. The first-order chi connectivity index (χ1) is 13.8. The maximum Gasteiger partial charge on any atom is 0.243 e. The number of ether oxygens (including phenoxy) is 1. The van der Waals surface area contributed by atoms with Crippen molar-refractivity contribution in [1.29, 1.82) is 0 Å². The number of nitrogens with one attached hydrogen (secondary N) is 3. The molecule has 0 aliphatic rings. The van der Waals surface area contributed by atoms with Gasteiger partial charge in [-0.15, -0.1) is 0 Å². The van der Waals surface area contributed by atoms with Gasteiger partial charge in [-0.3, -0.25) is 9.59 Å². The van der Waals surface area contributed by atoms with Crippen molar-refractivity contribution in [3.05, 3.63) is 48.5 Å². The van der Waals surface area contributed by atoms with E-state index in [2.05, 4.69) is 29.8 Å². The Balaban J connectivity index is 1.75. The fraction of sp³-hybridized carbons (Fsp3) is 0.391. The van der Waals surface area contributed by atoms with Crippen molar-refractivity contribution in [3.63, 3.8) is 0 Å². The molecule has 2 amide bonds. The topological polar surface area (TPSA) is 79.5 Å². The van der Waals surface area contributed by atoms with E-state index in [0.29, 0.717) is 12.5 Å². The number of carbonyl (C=O) groups excluding carboxylic acids is 2. The molecule has 2 aromatic carbocycles. The quantitative estimate of drug-likeness (QED) is 0.540. The monoisotopic (exact) mass is 397 g/mol. The molecule has 0 heterocycles. The van der Waals surface area contributed by atoms with Gasteiger partial charge in [-0.05, 0) is 60.9 Å². The summed E-state index contributed by atoms with van der Waals surface area (Å²) in [5.41, 5.74) is 2.26. The largest absolute Gasteiger partial charge is 0.494 e. The number of carbonyl (C=O) groups is 2. The molecule has 6 heteroatoms. The number of hydrogen-bond acceptors (Lipinski definition) is 4. The van der Waals surface area contributed by atoms with E-state index in [1.165, 1.54) is 0 Å². The first-order valence-corrected chi connectivity index (χ1v) is 10.0. The molecule has 3 N–H and O–H groups in total. The van der Waals surface area contributed by atoms with Gasteiger partial charge < -0.3 is 20.7 Å². The lowest BCUT2D eigenvalue weighted by molar-refractivity contribution is -0.119. The summed E-state index contributed by atoms with van der Waals surface area (Å²) in [6.07, 6.45) is 1.01. The number of hydrogen-bond donors (Lipinski definition) is 3. The van der Waals surface area contributed by atoms with Gasteiger partial charge in [-0.25, -0.2) is 0 Å². The van der Waals surface area contributed by atoms with Gasteiger partial charge in [0.15, 0.2) is 0 Å². The van der Waals surface area contributed by atoms with E-state index >= 15 is 0 Å². The molecule has 0 bridgehead atoms. The summed E-state index contributed by atoms with van der Waals surface area (Å²) in [4.78, 5) is 23.8. The van der Waals surface area contributed by atoms with Gasteiger partial charge in [0.1, 0.15) is 5.75 Å². The second kappa shape index (κ2) is 11.1. The van der Waals surface area contributed by atoms with E-state index in [1.54, 1.807) is 12.1 Å². The second-order valence-corrected chi connectivity index (χ2v) is 7.68. The average Bonchev–Trinajstić information content (AvgIpc) is 2.68. The van der Waals surface area contributed by atoms with Gasteiger partial charge in [0.25, 0.3) is 0 Å². The van der Waals surface area contributed by atoms with Crippen LogP contribution in [0.2, 0.25) is 0 Å². The molecule has 0 spiro atoms. The van der Waals surface area contributed by atoms with Gasteiger partial charge in [-0.2, -0.15) is 0 Å². The molecule has 0 atom stereocenters. The summed E-state index contributed by atoms with van der Waals surface area (Å²) in [5, 5.41) is 8.75. The Labute approximate surface area is 173 Å². The Bertz CT molecular complexity index is 784. The zero-order valence-electron chi connectivity index (χ0n) is 17.6. The SMILES string of the molecule is CC(C)CCOc1ccc(NC(=O)CNc2ccc(NC(=O)C(C)C)cc2)cc1. The highest BCUT2D eigenvalue weighted by atomic mass is 16.5. The van der Waals surface area contributed by atoms with Gasteiger partial charge in [0, 0.05) is 23.0 Å². The molecule has 0 unspecified atom stereocenters. The van der Waals surface area contributed by atoms with Gasteiger partial charge in [0.2, 0.25) is 11.8 Å². The Morgan fingerprint density at radius 1 is 0.828 bits per heavy atom. The molecule has 29 heavy (non-hydrogen) atoms. The normalized spacial score (nSPS) is 10.7. The molecule has 6 nitrogen and oxygen atoms in total. The third-order valence-corrected chi connectivity index (χ3v) is 4.23. The minimum atomic E-state index is -0.143. The molecule has 2 aromatic rings. The molecule has 0 aliphatic carbocycles. The van der Waals surface area contributed by atoms with E-state index in [9.17, 15) is 9.59 Å². The van der Waals surface area contributed by atoms with Crippen LogP contribution in [0.5, 0.6) is 5.75 Å². The van der Waals surface area contributed by atoms with Crippen LogP contribution in [0.1, 0.15) is 34.1 Å². The molecule has 2 rings (SSSR count). The van der Waals surface area contributed by atoms with Crippen LogP contribution in [-0.4, -0.2) is 25.0 Å². The third-order valence-electron chi connectivity index (χ3n) is 4.23. The Hall–Kier alpha value is -3.02. The summed E-state index contributed by atoms with van der Waals surface area (Å²) in [6, 6.07) is 14.6. The minimum absolute atomic E-state index is 0.0265. The molecule has 0 radical (unpaired) electrons. The van der Waals surface area contributed by atoms with E-state index in [1.807, 2.05) is 50.2 Å². The summed E-state index contributed by atoms with van der Waals surface area (Å²) in [7, 11) is 0. The van der Waals surface area contributed by atoms with Crippen LogP contribution in [0.25, 0.3) is 0 Å². The van der Waals surface area contributed by atoms with Crippen LogP contribution < -0.4 is 20.7 Å². The lowest BCUT2D eigenvalue weighted by Gasteiger charge is -2.11. The molecule has 0 aromatic heterocycles. The Morgan fingerprint density at radius 3 is 1.97 bits per heavy atom. The highest BCUT2D eigenvalue weighted by Gasteiger charge is 2.07. The fourth-order valence-corrected chi connectivity index (χ4v) is 2.39. The molecule has 0 fully saturated rings. The zero-order valence-corrected chi connectivity index (χ0v) is 17.6. The van der Waals surface area contributed by atoms with Gasteiger partial charge in [0.05, 0.1) is 13.2 Å². The van der Waals surface area contributed by atoms with Crippen LogP contribution >= 0.6 is 0 Å². The summed E-state index contributed by atoms with van der Waals surface area (Å²) >= 11 is 0. The molecular weight excluding hydrogens is 366 g/mol. The van der Waals surface area contributed by atoms with E-state index in [-0.39, 0.29) is 24.3 Å². The zero-order chi connectivity index (χ0) is 21.2. The predicted molar refractivity (Wildman–Crippen MR) is 118 cm³/mol. The van der Waals surface area contributed by atoms with Crippen LogP contribution in [-0.2, 0) is 9.59 Å². The number of rotatable bonds is 10. The van der Waals surface area contributed by atoms with Crippen molar-refractivity contribution >= 4 is 28.9 Å². The maximum absolute atomic E-state index is 12.1. The number of anilines is 3. The lowest BCUT2D eigenvalue weighted by atomic mass is 10.1. The Morgan fingerprint density at radius 2 is 1.38 bits per heavy atom. The predicted octanol–water partition coefficient (Wildman–Crippen LogP) is 4.76. The van der Waals surface area contributed by atoms with Crippen molar-refractivity contribution in [2.45, 2.75) is 34.1 Å². The third kappa shape index (κ3) is 8.25. The van der Waals surface area contributed by atoms with E-state index < -0.39 is 0 Å². The van der Waals surface area contributed by atoms with Crippen LogP contribution in [0.4, 0.5) is 17.1 Å². The Kier molecular flexibility index (Phi) is 8.52. The molecule has 0 saturated carbocycles. The van der Waals surface area contributed by atoms with Crippen LogP contribution in [0.3, 0.4) is 0 Å². The smallest absolute Gasteiger partial charge is 0.243 e. The van der Waals surface area contributed by atoms with Crippen LogP contribution in [0, 0.1) is 11.8 Å². The van der Waals surface area contributed by atoms with Crippen molar-refractivity contribution < 1.29 is 14.3 Å². The first kappa shape index (κ1) is 22.3. The van der Waals surface area contributed by atoms with Crippen molar-refractivity contribution in [2.24, 2.45) is 11.8 Å². The molecular formula is C23H31N3O3. The molecule has 0 aliphatic heterocycles. The maximum atomic E-state index is 12.1. The molecule has 156 valence electrons. The van der Waals surface area contributed by atoms with E-state index in [4.69, 9.17) is 4.74 Å². The first-order valence-electron chi connectivity index (χ1n) is 10.0. The number of benzene rings is 2. The van der Waals surface area contributed by atoms with Crippen LogP contribution in [0.15, 0.2) is 48.5 Å². The van der Waals surface area contributed by atoms with Crippen molar-refractivity contribution in [3.8, 4) is 5.75 Å². The summed E-state index contributed by atoms with van der Waals surface area (Å²) in [5.74, 6) is 1.16. The van der Waals surface area contributed by atoms with Crippen molar-refractivity contribution in [2.75, 3.05) is 29.1 Å². The average molecular weight is 398 g/mol. The van der Waals surface area contributed by atoms with E-state index in [0.717, 1.165) is 29.2 Å². The summed E-state index contributed by atoms with van der Waals surface area (Å²) in [6.45, 7) is 8.84.